The van der Waals surface area contributed by atoms with E-state index in [9.17, 15) is 39.0 Å². The van der Waals surface area contributed by atoms with Gasteiger partial charge in [0.05, 0.1) is 12.5 Å². The van der Waals surface area contributed by atoms with Gasteiger partial charge in [-0.05, 0) is 37.7 Å². The van der Waals surface area contributed by atoms with Crippen LogP contribution in [0, 0.1) is 0 Å². The Kier molecular flexibility index (Phi) is 11.6. The molecular formula is C19H30N4O9S. The van der Waals surface area contributed by atoms with Crippen LogP contribution in [0.15, 0.2) is 0 Å². The number of thioether (sulfide) groups is 1. The summed E-state index contributed by atoms with van der Waals surface area (Å²) in [6.07, 6.45) is 1.21. The SMILES string of the molecule is CSCCC(N)C(=O)NC(CC(=O)O)C(=O)N1CCCC1C(=O)NC(CCC(=O)O)C(=O)O. The molecule has 14 heteroatoms. The third kappa shape index (κ3) is 9.26. The second-order valence-corrected chi connectivity index (χ2v) is 8.55. The van der Waals surface area contributed by atoms with Crippen LogP contribution in [0.1, 0.15) is 38.5 Å². The van der Waals surface area contributed by atoms with E-state index in [0.717, 1.165) is 4.90 Å². The zero-order chi connectivity index (χ0) is 25.1. The van der Waals surface area contributed by atoms with E-state index in [-0.39, 0.29) is 19.4 Å². The summed E-state index contributed by atoms with van der Waals surface area (Å²) < 4.78 is 0. The predicted molar refractivity (Wildman–Crippen MR) is 116 cm³/mol. The zero-order valence-corrected chi connectivity index (χ0v) is 19.0. The summed E-state index contributed by atoms with van der Waals surface area (Å²) in [6.45, 7) is 0.105. The lowest BCUT2D eigenvalue weighted by atomic mass is 10.1. The van der Waals surface area contributed by atoms with Crippen molar-refractivity contribution < 1.29 is 44.1 Å². The molecule has 0 spiro atoms. The number of carboxylic acids is 3. The van der Waals surface area contributed by atoms with Crippen molar-refractivity contribution in [3.05, 3.63) is 0 Å². The minimum Gasteiger partial charge on any atom is -0.481 e. The number of carboxylic acid groups (broad SMARTS) is 3. The van der Waals surface area contributed by atoms with E-state index in [0.29, 0.717) is 18.6 Å². The van der Waals surface area contributed by atoms with Gasteiger partial charge in [0.25, 0.3) is 0 Å². The molecule has 4 atom stereocenters. The summed E-state index contributed by atoms with van der Waals surface area (Å²) in [5.41, 5.74) is 5.79. The van der Waals surface area contributed by atoms with E-state index in [1.807, 2.05) is 6.26 Å². The van der Waals surface area contributed by atoms with Gasteiger partial charge in [-0.15, -0.1) is 0 Å². The number of nitrogens with zero attached hydrogens (tertiary/aromatic N) is 1. The number of aliphatic carboxylic acids is 3. The van der Waals surface area contributed by atoms with E-state index in [2.05, 4.69) is 10.6 Å². The van der Waals surface area contributed by atoms with Crippen LogP contribution in [-0.4, -0.2) is 98.6 Å². The van der Waals surface area contributed by atoms with Gasteiger partial charge in [0.1, 0.15) is 18.1 Å². The van der Waals surface area contributed by atoms with Gasteiger partial charge >= 0.3 is 17.9 Å². The molecule has 186 valence electrons. The highest BCUT2D eigenvalue weighted by molar-refractivity contribution is 7.98. The number of amides is 3. The molecule has 0 saturated carbocycles. The van der Waals surface area contributed by atoms with Crippen LogP contribution >= 0.6 is 11.8 Å². The van der Waals surface area contributed by atoms with E-state index in [1.54, 1.807) is 0 Å². The van der Waals surface area contributed by atoms with Gasteiger partial charge in [-0.25, -0.2) is 4.79 Å². The van der Waals surface area contributed by atoms with Crippen molar-refractivity contribution >= 4 is 47.4 Å². The second kappa shape index (κ2) is 13.6. The van der Waals surface area contributed by atoms with Crippen LogP contribution in [0.3, 0.4) is 0 Å². The Balaban J connectivity index is 2.92. The summed E-state index contributed by atoms with van der Waals surface area (Å²) in [5, 5.41) is 31.7. The molecule has 1 aliphatic rings. The Labute approximate surface area is 194 Å². The van der Waals surface area contributed by atoms with Gasteiger partial charge < -0.3 is 36.6 Å². The van der Waals surface area contributed by atoms with E-state index >= 15 is 0 Å². The number of carbonyl (C=O) groups is 6. The molecule has 0 aromatic heterocycles. The van der Waals surface area contributed by atoms with Crippen molar-refractivity contribution in [1.29, 1.82) is 0 Å². The summed E-state index contributed by atoms with van der Waals surface area (Å²) in [4.78, 5) is 72.5. The largest absolute Gasteiger partial charge is 0.481 e. The number of rotatable bonds is 14. The molecule has 0 radical (unpaired) electrons. The minimum atomic E-state index is -1.46. The molecule has 0 aromatic carbocycles. The molecule has 13 nitrogen and oxygen atoms in total. The first-order chi connectivity index (χ1) is 15.5. The molecule has 4 unspecified atom stereocenters. The number of nitrogens with one attached hydrogen (secondary N) is 2. The molecule has 1 fully saturated rings. The molecule has 0 aliphatic carbocycles. The van der Waals surface area contributed by atoms with Crippen LogP contribution in [0.5, 0.6) is 0 Å². The zero-order valence-electron chi connectivity index (χ0n) is 18.2. The van der Waals surface area contributed by atoms with Crippen LogP contribution in [0.25, 0.3) is 0 Å². The second-order valence-electron chi connectivity index (χ2n) is 7.57. The fourth-order valence-corrected chi connectivity index (χ4v) is 3.82. The van der Waals surface area contributed by atoms with Gasteiger partial charge in [0.2, 0.25) is 17.7 Å². The van der Waals surface area contributed by atoms with Crippen molar-refractivity contribution in [3.63, 3.8) is 0 Å². The van der Waals surface area contributed by atoms with Crippen LogP contribution in [-0.2, 0) is 28.8 Å². The van der Waals surface area contributed by atoms with Crippen molar-refractivity contribution in [3.8, 4) is 0 Å². The maximum absolute atomic E-state index is 13.0. The van der Waals surface area contributed by atoms with Gasteiger partial charge in [-0.1, -0.05) is 0 Å². The topological polar surface area (TPSA) is 216 Å². The van der Waals surface area contributed by atoms with Crippen LogP contribution < -0.4 is 16.4 Å². The van der Waals surface area contributed by atoms with Gasteiger partial charge in [0.15, 0.2) is 0 Å². The van der Waals surface area contributed by atoms with Crippen molar-refractivity contribution in [2.45, 2.75) is 62.7 Å². The number of hydrogen-bond donors (Lipinski definition) is 6. The Morgan fingerprint density at radius 1 is 1.03 bits per heavy atom. The van der Waals surface area contributed by atoms with Crippen LogP contribution in [0.2, 0.25) is 0 Å². The van der Waals surface area contributed by atoms with E-state index in [4.69, 9.17) is 10.8 Å². The van der Waals surface area contributed by atoms with Crippen molar-refractivity contribution in [2.75, 3.05) is 18.6 Å². The molecule has 0 bridgehead atoms. The van der Waals surface area contributed by atoms with Gasteiger partial charge in [-0.2, -0.15) is 11.8 Å². The molecular weight excluding hydrogens is 460 g/mol. The summed E-state index contributed by atoms with van der Waals surface area (Å²) in [5.74, 6) is -5.68. The average molecular weight is 491 g/mol. The Morgan fingerprint density at radius 3 is 2.24 bits per heavy atom. The van der Waals surface area contributed by atoms with Gasteiger partial charge in [0, 0.05) is 13.0 Å². The highest BCUT2D eigenvalue weighted by Crippen LogP contribution is 2.20. The monoisotopic (exact) mass is 490 g/mol. The molecule has 3 amide bonds. The lowest BCUT2D eigenvalue weighted by molar-refractivity contribution is -0.147. The van der Waals surface area contributed by atoms with Gasteiger partial charge in [-0.3, -0.25) is 24.0 Å². The fraction of sp³-hybridized carbons (Fsp3) is 0.684. The molecule has 1 aliphatic heterocycles. The first-order valence-corrected chi connectivity index (χ1v) is 11.7. The van der Waals surface area contributed by atoms with Crippen molar-refractivity contribution in [2.24, 2.45) is 5.73 Å². The smallest absolute Gasteiger partial charge is 0.326 e. The number of carbonyl (C=O) groups excluding carboxylic acids is 3. The Hall–Kier alpha value is -2.87. The highest BCUT2D eigenvalue weighted by Gasteiger charge is 2.39. The van der Waals surface area contributed by atoms with Crippen molar-refractivity contribution in [1.82, 2.24) is 15.5 Å². The maximum atomic E-state index is 13.0. The molecule has 1 rings (SSSR count). The molecule has 1 heterocycles. The molecule has 0 aromatic rings. The summed E-state index contributed by atoms with van der Waals surface area (Å²) in [6, 6.07) is -4.94. The average Bonchev–Trinajstić information content (AvgIpc) is 3.22. The fourth-order valence-electron chi connectivity index (χ4n) is 3.33. The predicted octanol–water partition coefficient (Wildman–Crippen LogP) is -1.55. The lowest BCUT2D eigenvalue weighted by Crippen LogP contribution is -2.57. The first kappa shape index (κ1) is 28.2. The maximum Gasteiger partial charge on any atom is 0.326 e. The Bertz CT molecular complexity index is 764. The number of likely N-dealkylation sites (tertiary alicyclic amines) is 1. The number of hydrogen-bond acceptors (Lipinski definition) is 8. The first-order valence-electron chi connectivity index (χ1n) is 10.3. The lowest BCUT2D eigenvalue weighted by Gasteiger charge is -2.29. The van der Waals surface area contributed by atoms with E-state index in [1.165, 1.54) is 11.8 Å². The molecule has 1 saturated heterocycles. The molecule has 7 N–H and O–H groups in total. The van der Waals surface area contributed by atoms with E-state index < -0.39 is 72.6 Å². The summed E-state index contributed by atoms with van der Waals surface area (Å²) in [7, 11) is 0. The standard InChI is InChI=1S/C19H30N4O9S/c1-33-8-6-10(20)16(28)22-12(9-15(26)27)18(30)23-7-2-3-13(23)17(29)21-11(19(31)32)4-5-14(24)25/h10-13H,2-9,20H2,1H3,(H,21,29)(H,22,28)(H,24,25)(H,26,27)(H,31,32). The number of nitrogens with two attached hydrogens (primary N) is 1. The minimum absolute atomic E-state index is 0.105. The van der Waals surface area contributed by atoms with Crippen LogP contribution in [0.4, 0.5) is 0 Å². The third-order valence-corrected chi connectivity index (χ3v) is 5.71. The summed E-state index contributed by atoms with van der Waals surface area (Å²) >= 11 is 1.47. The third-order valence-electron chi connectivity index (χ3n) is 5.06. The Morgan fingerprint density at radius 2 is 1.70 bits per heavy atom. The quantitative estimate of drug-likeness (QED) is 0.164. The normalized spacial score (nSPS) is 18.1. The highest BCUT2D eigenvalue weighted by atomic mass is 32.2. The molecule has 33 heavy (non-hydrogen) atoms.